The normalized spacial score (nSPS) is 12.2. The lowest BCUT2D eigenvalue weighted by atomic mass is 9.95. The van der Waals surface area contributed by atoms with E-state index in [1.54, 1.807) is 0 Å². The van der Waals surface area contributed by atoms with Crippen LogP contribution in [0.15, 0.2) is 60.7 Å². The molecule has 2 heteroatoms. The zero-order valence-electron chi connectivity index (χ0n) is 16.8. The Hall–Kier alpha value is -2.27. The van der Waals surface area contributed by atoms with Crippen LogP contribution < -0.4 is 0 Å². The molecule has 0 spiro atoms. The van der Waals surface area contributed by atoms with Crippen LogP contribution >= 0.6 is 0 Å². The SMILES string of the molecule is C[Si](C)(C)C#C/C(=C(/C#C[Si](C)(C)C)c1ccccc1)c1ccccc1. The van der Waals surface area contributed by atoms with Gasteiger partial charge in [-0.25, -0.2) is 0 Å². The van der Waals surface area contributed by atoms with Gasteiger partial charge in [0.1, 0.15) is 16.1 Å². The summed E-state index contributed by atoms with van der Waals surface area (Å²) >= 11 is 0. The fourth-order valence-corrected chi connectivity index (χ4v) is 3.27. The van der Waals surface area contributed by atoms with Crippen molar-refractivity contribution < 1.29 is 0 Å². The van der Waals surface area contributed by atoms with Crippen molar-refractivity contribution in [3.05, 3.63) is 71.8 Å². The van der Waals surface area contributed by atoms with Crippen LogP contribution in [0.4, 0.5) is 0 Å². The van der Waals surface area contributed by atoms with Gasteiger partial charge in [-0.1, -0.05) is 112 Å². The van der Waals surface area contributed by atoms with Crippen molar-refractivity contribution in [3.8, 4) is 22.9 Å². The molecule has 2 rings (SSSR count). The Morgan fingerprint density at radius 2 is 0.846 bits per heavy atom. The summed E-state index contributed by atoms with van der Waals surface area (Å²) in [6.45, 7) is 13.7. The summed E-state index contributed by atoms with van der Waals surface area (Å²) in [6.07, 6.45) is 0. The van der Waals surface area contributed by atoms with E-state index in [9.17, 15) is 0 Å². The monoisotopic (exact) mass is 372 g/mol. The summed E-state index contributed by atoms with van der Waals surface area (Å²) in [5, 5.41) is 0. The lowest BCUT2D eigenvalue weighted by Gasteiger charge is -2.11. The molecular formula is C24H28Si2. The van der Waals surface area contributed by atoms with Crippen LogP contribution in [0.2, 0.25) is 39.3 Å². The van der Waals surface area contributed by atoms with Crippen molar-refractivity contribution in [1.29, 1.82) is 0 Å². The van der Waals surface area contributed by atoms with Gasteiger partial charge in [0.25, 0.3) is 0 Å². The summed E-state index contributed by atoms with van der Waals surface area (Å²) in [7, 11) is -2.99. The van der Waals surface area contributed by atoms with Gasteiger partial charge in [-0.05, 0) is 11.1 Å². The van der Waals surface area contributed by atoms with Crippen LogP contribution in [0.3, 0.4) is 0 Å². The quantitative estimate of drug-likeness (QED) is 0.327. The molecule has 0 aliphatic rings. The zero-order valence-corrected chi connectivity index (χ0v) is 18.8. The maximum Gasteiger partial charge on any atom is 0.129 e. The van der Waals surface area contributed by atoms with Crippen LogP contribution in [0, 0.1) is 22.9 Å². The Morgan fingerprint density at radius 3 is 1.12 bits per heavy atom. The van der Waals surface area contributed by atoms with E-state index in [4.69, 9.17) is 0 Å². The maximum absolute atomic E-state index is 3.54. The largest absolute Gasteiger partial charge is 0.129 e. The summed E-state index contributed by atoms with van der Waals surface area (Å²) in [6, 6.07) is 20.9. The average molecular weight is 373 g/mol. The first-order valence-corrected chi connectivity index (χ1v) is 16.1. The molecule has 0 saturated carbocycles. The lowest BCUT2D eigenvalue weighted by Crippen LogP contribution is -2.17. The molecule has 0 saturated heterocycles. The number of allylic oxidation sites excluding steroid dienone is 2. The van der Waals surface area contributed by atoms with E-state index in [0.717, 1.165) is 22.3 Å². The number of benzene rings is 2. The Kier molecular flexibility index (Phi) is 6.49. The number of hydrogen-bond donors (Lipinski definition) is 0. The highest BCUT2D eigenvalue weighted by molar-refractivity contribution is 6.84. The molecule has 0 unspecified atom stereocenters. The highest BCUT2D eigenvalue weighted by atomic mass is 28.3. The van der Waals surface area contributed by atoms with Crippen LogP contribution in [0.5, 0.6) is 0 Å². The molecule has 0 aromatic heterocycles. The molecule has 0 heterocycles. The van der Waals surface area contributed by atoms with Gasteiger partial charge >= 0.3 is 0 Å². The maximum atomic E-state index is 3.54. The molecule has 0 amide bonds. The Balaban J connectivity index is 2.80. The fourth-order valence-electron chi connectivity index (χ4n) is 2.27. The van der Waals surface area contributed by atoms with E-state index in [0.29, 0.717) is 0 Å². The molecule has 0 radical (unpaired) electrons. The Morgan fingerprint density at radius 1 is 0.538 bits per heavy atom. The van der Waals surface area contributed by atoms with Gasteiger partial charge in [-0.15, -0.1) is 11.1 Å². The van der Waals surface area contributed by atoms with Crippen LogP contribution in [-0.2, 0) is 0 Å². The zero-order chi connectivity index (χ0) is 19.2. The van der Waals surface area contributed by atoms with Crippen LogP contribution in [-0.4, -0.2) is 16.1 Å². The molecule has 2 aromatic rings. The fraction of sp³-hybridized carbons (Fsp3) is 0.250. The second-order valence-corrected chi connectivity index (χ2v) is 18.0. The van der Waals surface area contributed by atoms with Crippen LogP contribution in [0.25, 0.3) is 11.1 Å². The highest BCUT2D eigenvalue weighted by Crippen LogP contribution is 2.26. The van der Waals surface area contributed by atoms with Gasteiger partial charge in [-0.3, -0.25) is 0 Å². The summed E-state index contributed by atoms with van der Waals surface area (Å²) in [4.78, 5) is 0. The minimum absolute atomic E-state index is 1.05. The van der Waals surface area contributed by atoms with Crippen molar-refractivity contribution in [2.75, 3.05) is 0 Å². The third kappa shape index (κ3) is 6.56. The molecule has 0 nitrogen and oxygen atoms in total. The van der Waals surface area contributed by atoms with E-state index in [1.165, 1.54) is 0 Å². The average Bonchev–Trinajstić information content (AvgIpc) is 2.57. The van der Waals surface area contributed by atoms with E-state index in [1.807, 2.05) is 12.1 Å². The highest BCUT2D eigenvalue weighted by Gasteiger charge is 2.13. The van der Waals surface area contributed by atoms with E-state index in [2.05, 4.69) is 111 Å². The van der Waals surface area contributed by atoms with Crippen molar-refractivity contribution >= 4 is 27.3 Å². The molecule has 26 heavy (non-hydrogen) atoms. The number of rotatable bonds is 2. The summed E-state index contributed by atoms with van der Waals surface area (Å²) in [5.74, 6) is 7.03. The first-order chi connectivity index (χ1) is 12.2. The van der Waals surface area contributed by atoms with Crippen molar-refractivity contribution in [2.45, 2.75) is 39.3 Å². The van der Waals surface area contributed by atoms with Crippen molar-refractivity contribution in [3.63, 3.8) is 0 Å². The standard InChI is InChI=1S/C24H28Si2/c1-25(2,3)19-17-23(21-13-9-7-10-14-21)24(18-20-26(4,5)6)22-15-11-8-12-16-22/h7-16H,1-6H3/b24-23+. The predicted octanol–water partition coefficient (Wildman–Crippen LogP) is 6.36. The van der Waals surface area contributed by atoms with Crippen LogP contribution in [0.1, 0.15) is 11.1 Å². The minimum atomic E-state index is -1.49. The molecule has 0 aliphatic heterocycles. The lowest BCUT2D eigenvalue weighted by molar-refractivity contribution is 1.60. The van der Waals surface area contributed by atoms with Gasteiger partial charge in [0.2, 0.25) is 0 Å². The number of hydrogen-bond acceptors (Lipinski definition) is 0. The van der Waals surface area contributed by atoms with E-state index < -0.39 is 16.1 Å². The van der Waals surface area contributed by atoms with E-state index in [-0.39, 0.29) is 0 Å². The summed E-state index contributed by atoms with van der Waals surface area (Å²) in [5.41, 5.74) is 11.5. The van der Waals surface area contributed by atoms with Gasteiger partial charge < -0.3 is 0 Å². The third-order valence-electron chi connectivity index (χ3n) is 3.50. The molecule has 2 aromatic carbocycles. The van der Waals surface area contributed by atoms with Crippen molar-refractivity contribution in [2.24, 2.45) is 0 Å². The van der Waals surface area contributed by atoms with Gasteiger partial charge in [0, 0.05) is 11.1 Å². The first kappa shape index (κ1) is 20.1. The molecule has 0 atom stereocenters. The molecule has 0 fully saturated rings. The van der Waals surface area contributed by atoms with E-state index >= 15 is 0 Å². The predicted molar refractivity (Wildman–Crippen MR) is 122 cm³/mol. The first-order valence-electron chi connectivity index (χ1n) is 9.07. The molecule has 132 valence electrons. The van der Waals surface area contributed by atoms with Gasteiger partial charge in [0.15, 0.2) is 0 Å². The third-order valence-corrected chi connectivity index (χ3v) is 5.25. The Labute approximate surface area is 161 Å². The minimum Gasteiger partial charge on any atom is -0.127 e. The topological polar surface area (TPSA) is 0 Å². The molecule has 0 N–H and O–H groups in total. The molecular weight excluding hydrogens is 344 g/mol. The second kappa shape index (κ2) is 8.41. The van der Waals surface area contributed by atoms with Crippen molar-refractivity contribution in [1.82, 2.24) is 0 Å². The summed E-state index contributed by atoms with van der Waals surface area (Å²) < 4.78 is 0. The smallest absolute Gasteiger partial charge is 0.127 e. The molecule has 0 bridgehead atoms. The van der Waals surface area contributed by atoms with Gasteiger partial charge in [-0.2, -0.15) is 0 Å². The van der Waals surface area contributed by atoms with Gasteiger partial charge in [0.05, 0.1) is 0 Å². The molecule has 0 aliphatic carbocycles. The Bertz CT molecular complexity index is 808. The second-order valence-electron chi connectivity index (χ2n) is 8.48.